The molecule has 1 N–H and O–H groups in total. The van der Waals surface area contributed by atoms with Crippen molar-refractivity contribution < 1.29 is 13.5 Å². The Morgan fingerprint density at radius 3 is 2.17 bits per heavy atom. The molecule has 0 aromatic heterocycles. The zero-order valence-electron chi connectivity index (χ0n) is 11.1. The number of aliphatic hydroxyl groups excluding tert-OH is 1. The van der Waals surface area contributed by atoms with Gasteiger partial charge in [-0.05, 0) is 36.3 Å². The van der Waals surface area contributed by atoms with E-state index in [2.05, 4.69) is 0 Å². The number of hydrogen-bond donors (Lipinski definition) is 1. The van der Waals surface area contributed by atoms with Crippen LogP contribution in [0.3, 0.4) is 0 Å². The highest BCUT2D eigenvalue weighted by atomic mass is 32.2. The standard InChI is InChI=1S/C14H20O3S/c1-10-4-6-11(7-5-10)18(16,17)9-13-12(8-15)14(13,2)3/h4-7,12-13,15H,8-9H2,1-3H3. The minimum Gasteiger partial charge on any atom is -0.396 e. The third-order valence-corrected chi connectivity index (χ3v) is 6.05. The Morgan fingerprint density at radius 1 is 1.17 bits per heavy atom. The van der Waals surface area contributed by atoms with E-state index < -0.39 is 9.84 Å². The van der Waals surface area contributed by atoms with Crippen LogP contribution in [0.25, 0.3) is 0 Å². The lowest BCUT2D eigenvalue weighted by molar-refractivity contribution is 0.255. The molecular weight excluding hydrogens is 248 g/mol. The smallest absolute Gasteiger partial charge is 0.178 e. The summed E-state index contributed by atoms with van der Waals surface area (Å²) in [5.74, 6) is 0.306. The maximum Gasteiger partial charge on any atom is 0.178 e. The van der Waals surface area contributed by atoms with Gasteiger partial charge in [0, 0.05) is 6.61 Å². The molecule has 4 heteroatoms. The molecule has 2 atom stereocenters. The predicted molar refractivity (Wildman–Crippen MR) is 71.1 cm³/mol. The molecule has 1 saturated carbocycles. The first-order valence-electron chi connectivity index (χ1n) is 6.19. The number of rotatable bonds is 4. The normalized spacial score (nSPS) is 26.0. The number of hydrogen-bond acceptors (Lipinski definition) is 3. The topological polar surface area (TPSA) is 54.4 Å². The summed E-state index contributed by atoms with van der Waals surface area (Å²) in [4.78, 5) is 0.382. The Balaban J connectivity index is 2.17. The van der Waals surface area contributed by atoms with E-state index in [-0.39, 0.29) is 29.6 Å². The predicted octanol–water partition coefficient (Wildman–Crippen LogP) is 2.03. The highest BCUT2D eigenvalue weighted by Crippen LogP contribution is 2.58. The van der Waals surface area contributed by atoms with Crippen LogP contribution >= 0.6 is 0 Å². The second kappa shape index (κ2) is 4.35. The minimum absolute atomic E-state index is 0.0630. The van der Waals surface area contributed by atoms with E-state index in [0.717, 1.165) is 5.56 Å². The van der Waals surface area contributed by atoms with E-state index in [1.54, 1.807) is 12.1 Å². The summed E-state index contributed by atoms with van der Waals surface area (Å²) in [6.07, 6.45) is 0. The number of benzene rings is 1. The molecule has 0 spiro atoms. The van der Waals surface area contributed by atoms with Gasteiger partial charge in [0.1, 0.15) is 0 Å². The third kappa shape index (κ3) is 2.31. The van der Waals surface area contributed by atoms with Gasteiger partial charge in [0.25, 0.3) is 0 Å². The summed E-state index contributed by atoms with van der Waals surface area (Å²) >= 11 is 0. The SMILES string of the molecule is Cc1ccc(S(=O)(=O)CC2C(CO)C2(C)C)cc1. The molecule has 2 unspecified atom stereocenters. The van der Waals surface area contributed by atoms with Gasteiger partial charge in [-0.2, -0.15) is 0 Å². The fourth-order valence-corrected chi connectivity index (χ4v) is 4.51. The average Bonchev–Trinajstić information content (AvgIpc) is 2.79. The van der Waals surface area contributed by atoms with Crippen molar-refractivity contribution in [2.24, 2.45) is 17.3 Å². The van der Waals surface area contributed by atoms with Gasteiger partial charge in [0.2, 0.25) is 0 Å². The molecule has 100 valence electrons. The lowest BCUT2D eigenvalue weighted by atomic mass is 10.1. The van der Waals surface area contributed by atoms with E-state index in [1.807, 2.05) is 32.9 Å². The maximum atomic E-state index is 12.3. The number of aliphatic hydroxyl groups is 1. The molecule has 18 heavy (non-hydrogen) atoms. The van der Waals surface area contributed by atoms with Gasteiger partial charge in [0.05, 0.1) is 10.6 Å². The lowest BCUT2D eigenvalue weighted by Gasteiger charge is -2.06. The first-order valence-corrected chi connectivity index (χ1v) is 7.84. The molecule has 1 aromatic carbocycles. The summed E-state index contributed by atoms with van der Waals surface area (Å²) in [5.41, 5.74) is 0.987. The highest BCUT2D eigenvalue weighted by Gasteiger charge is 2.58. The van der Waals surface area contributed by atoms with Crippen molar-refractivity contribution in [3.8, 4) is 0 Å². The largest absolute Gasteiger partial charge is 0.396 e. The summed E-state index contributed by atoms with van der Waals surface area (Å²) in [6, 6.07) is 6.95. The molecule has 0 heterocycles. The van der Waals surface area contributed by atoms with Gasteiger partial charge in [-0.15, -0.1) is 0 Å². The molecule has 1 aliphatic carbocycles. The van der Waals surface area contributed by atoms with Crippen molar-refractivity contribution in [2.75, 3.05) is 12.4 Å². The van der Waals surface area contributed by atoms with Crippen LogP contribution in [0.4, 0.5) is 0 Å². The first kappa shape index (κ1) is 13.6. The third-order valence-electron chi connectivity index (χ3n) is 4.26. The van der Waals surface area contributed by atoms with Crippen LogP contribution in [0.15, 0.2) is 29.2 Å². The van der Waals surface area contributed by atoms with Gasteiger partial charge in [-0.1, -0.05) is 31.5 Å². The number of aryl methyl sites for hydroxylation is 1. The molecular formula is C14H20O3S. The van der Waals surface area contributed by atoms with Gasteiger partial charge in [0.15, 0.2) is 9.84 Å². The summed E-state index contributed by atoms with van der Waals surface area (Å²) in [6.45, 7) is 6.04. The van der Waals surface area contributed by atoms with Gasteiger partial charge in [-0.3, -0.25) is 0 Å². The van der Waals surface area contributed by atoms with Crippen molar-refractivity contribution in [1.29, 1.82) is 0 Å². The van der Waals surface area contributed by atoms with Crippen molar-refractivity contribution in [2.45, 2.75) is 25.7 Å². The summed E-state index contributed by atoms with van der Waals surface area (Å²) < 4.78 is 24.5. The van der Waals surface area contributed by atoms with Crippen molar-refractivity contribution in [3.05, 3.63) is 29.8 Å². The van der Waals surface area contributed by atoms with Gasteiger partial charge >= 0.3 is 0 Å². The zero-order chi connectivity index (χ0) is 13.6. The van der Waals surface area contributed by atoms with Crippen LogP contribution in [-0.2, 0) is 9.84 Å². The molecule has 1 aromatic rings. The molecule has 0 saturated heterocycles. The second-order valence-electron chi connectivity index (χ2n) is 5.81. The Labute approximate surface area is 109 Å². The van der Waals surface area contributed by atoms with Crippen LogP contribution in [0, 0.1) is 24.2 Å². The lowest BCUT2D eigenvalue weighted by Crippen LogP contribution is -2.11. The Bertz CT molecular complexity index is 529. The molecule has 2 rings (SSSR count). The van der Waals surface area contributed by atoms with Gasteiger partial charge in [-0.25, -0.2) is 8.42 Å². The molecule has 1 fully saturated rings. The minimum atomic E-state index is -3.24. The Morgan fingerprint density at radius 2 is 1.72 bits per heavy atom. The average molecular weight is 268 g/mol. The quantitative estimate of drug-likeness (QED) is 0.909. The van der Waals surface area contributed by atoms with E-state index in [9.17, 15) is 13.5 Å². The maximum absolute atomic E-state index is 12.3. The van der Waals surface area contributed by atoms with Crippen LogP contribution < -0.4 is 0 Å². The van der Waals surface area contributed by atoms with Crippen LogP contribution in [-0.4, -0.2) is 25.9 Å². The summed E-state index contributed by atoms with van der Waals surface area (Å²) in [5, 5.41) is 9.22. The van der Waals surface area contributed by atoms with Gasteiger partial charge < -0.3 is 5.11 Å². The Hall–Kier alpha value is -0.870. The Kier molecular flexibility index (Phi) is 3.28. The summed E-state index contributed by atoms with van der Waals surface area (Å²) in [7, 11) is -3.24. The monoisotopic (exact) mass is 268 g/mol. The highest BCUT2D eigenvalue weighted by molar-refractivity contribution is 7.91. The zero-order valence-corrected chi connectivity index (χ0v) is 11.9. The molecule has 0 amide bonds. The fraction of sp³-hybridized carbons (Fsp3) is 0.571. The van der Waals surface area contributed by atoms with Crippen LogP contribution in [0.1, 0.15) is 19.4 Å². The van der Waals surface area contributed by atoms with Crippen molar-refractivity contribution >= 4 is 9.84 Å². The van der Waals surface area contributed by atoms with E-state index in [0.29, 0.717) is 4.90 Å². The van der Waals surface area contributed by atoms with E-state index >= 15 is 0 Å². The van der Waals surface area contributed by atoms with Crippen LogP contribution in [0.2, 0.25) is 0 Å². The fourth-order valence-electron chi connectivity index (χ4n) is 2.63. The van der Waals surface area contributed by atoms with E-state index in [4.69, 9.17) is 0 Å². The van der Waals surface area contributed by atoms with Crippen LogP contribution in [0.5, 0.6) is 0 Å². The first-order chi connectivity index (χ1) is 8.29. The van der Waals surface area contributed by atoms with Crippen molar-refractivity contribution in [1.82, 2.24) is 0 Å². The molecule has 1 aliphatic rings. The molecule has 3 nitrogen and oxygen atoms in total. The van der Waals surface area contributed by atoms with E-state index in [1.165, 1.54) is 0 Å². The number of sulfone groups is 1. The molecule has 0 aliphatic heterocycles. The second-order valence-corrected chi connectivity index (χ2v) is 7.85. The molecule has 0 radical (unpaired) electrons. The van der Waals surface area contributed by atoms with Crippen molar-refractivity contribution in [3.63, 3.8) is 0 Å². The molecule has 0 bridgehead atoms.